The van der Waals surface area contributed by atoms with Crippen molar-refractivity contribution in [1.82, 2.24) is 10.6 Å². The summed E-state index contributed by atoms with van der Waals surface area (Å²) in [7, 11) is 1.65. The Bertz CT molecular complexity index is 453. The largest absolute Gasteiger partial charge is 0.493 e. The monoisotopic (exact) mass is 421 g/mol. The Morgan fingerprint density at radius 2 is 1.91 bits per heavy atom. The molecule has 0 amide bonds. The Hall–Kier alpha value is -1.18. The minimum absolute atomic E-state index is 0. The smallest absolute Gasteiger partial charge is 0.191 e. The van der Waals surface area contributed by atoms with Gasteiger partial charge in [0.25, 0.3) is 0 Å². The topological polar surface area (TPSA) is 54.9 Å². The first kappa shape index (κ1) is 20.8. The van der Waals surface area contributed by atoms with E-state index in [2.05, 4.69) is 29.5 Å². The third kappa shape index (κ3) is 7.20. The van der Waals surface area contributed by atoms with E-state index in [9.17, 15) is 0 Å². The molecule has 0 aliphatic rings. The molecule has 0 fully saturated rings. The van der Waals surface area contributed by atoms with E-state index in [4.69, 9.17) is 9.47 Å². The maximum Gasteiger partial charge on any atom is 0.191 e. The van der Waals surface area contributed by atoms with Gasteiger partial charge in [0, 0.05) is 13.1 Å². The van der Waals surface area contributed by atoms with E-state index in [0.717, 1.165) is 42.5 Å². The number of hydrogen-bond donors (Lipinski definition) is 2. The molecule has 0 bridgehead atoms. The molecule has 0 atom stereocenters. The molecule has 0 spiro atoms. The van der Waals surface area contributed by atoms with Crippen LogP contribution >= 0.6 is 24.0 Å². The predicted molar refractivity (Wildman–Crippen MR) is 103 cm³/mol. The second-order valence-electron chi connectivity index (χ2n) is 4.54. The van der Waals surface area contributed by atoms with Crippen LogP contribution in [0.15, 0.2) is 23.2 Å². The van der Waals surface area contributed by atoms with Crippen LogP contribution in [0.1, 0.15) is 32.8 Å². The average Bonchev–Trinajstić information content (AvgIpc) is 2.51. The highest BCUT2D eigenvalue weighted by molar-refractivity contribution is 14.0. The van der Waals surface area contributed by atoms with Gasteiger partial charge in [-0.1, -0.05) is 13.0 Å². The maximum absolute atomic E-state index is 5.51. The molecule has 0 aliphatic heterocycles. The van der Waals surface area contributed by atoms with Gasteiger partial charge in [-0.05, 0) is 38.0 Å². The first-order valence-electron chi connectivity index (χ1n) is 7.57. The summed E-state index contributed by atoms with van der Waals surface area (Å²) in [6.45, 7) is 9.14. The highest BCUT2D eigenvalue weighted by Gasteiger charge is 2.05. The number of hydrogen-bond acceptors (Lipinski definition) is 3. The molecule has 1 aromatic rings. The van der Waals surface area contributed by atoms with E-state index in [1.807, 2.05) is 25.1 Å². The molecule has 0 aliphatic carbocycles. The number of benzene rings is 1. The van der Waals surface area contributed by atoms with E-state index in [-0.39, 0.29) is 24.0 Å². The Labute approximate surface area is 150 Å². The zero-order valence-electron chi connectivity index (χ0n) is 13.9. The van der Waals surface area contributed by atoms with Gasteiger partial charge >= 0.3 is 0 Å². The number of rotatable bonds is 8. The fraction of sp³-hybridized carbons (Fsp3) is 0.562. The highest BCUT2D eigenvalue weighted by Crippen LogP contribution is 2.28. The summed E-state index contributed by atoms with van der Waals surface area (Å²) >= 11 is 0. The van der Waals surface area contributed by atoms with Gasteiger partial charge in [0.1, 0.15) is 0 Å². The molecule has 0 radical (unpaired) electrons. The van der Waals surface area contributed by atoms with Crippen LogP contribution in [0, 0.1) is 0 Å². The van der Waals surface area contributed by atoms with Crippen molar-refractivity contribution >= 4 is 29.9 Å². The summed E-state index contributed by atoms with van der Waals surface area (Å²) in [4.78, 5) is 4.57. The van der Waals surface area contributed by atoms with Crippen LogP contribution in [-0.2, 0) is 6.54 Å². The molecule has 0 saturated carbocycles. The maximum atomic E-state index is 5.51. The molecule has 2 N–H and O–H groups in total. The van der Waals surface area contributed by atoms with Crippen LogP contribution in [0.5, 0.6) is 11.5 Å². The SMILES string of the molecule is CCCNC(=NCc1ccc(OCC)c(OC)c1)NCC.I. The van der Waals surface area contributed by atoms with Gasteiger partial charge in [-0.25, -0.2) is 4.99 Å². The summed E-state index contributed by atoms with van der Waals surface area (Å²) in [5.74, 6) is 2.35. The van der Waals surface area contributed by atoms with Crippen LogP contribution in [0.3, 0.4) is 0 Å². The molecule has 0 aromatic heterocycles. The molecule has 1 aromatic carbocycles. The van der Waals surface area contributed by atoms with Crippen molar-refractivity contribution in [2.75, 3.05) is 26.8 Å². The van der Waals surface area contributed by atoms with Crippen molar-refractivity contribution in [1.29, 1.82) is 0 Å². The Balaban J connectivity index is 0.00000441. The third-order valence-corrected chi connectivity index (χ3v) is 2.83. The summed E-state index contributed by atoms with van der Waals surface area (Å²) < 4.78 is 10.9. The lowest BCUT2D eigenvalue weighted by Gasteiger charge is -2.12. The number of methoxy groups -OCH3 is 1. The van der Waals surface area contributed by atoms with Gasteiger partial charge < -0.3 is 20.1 Å². The Morgan fingerprint density at radius 1 is 1.14 bits per heavy atom. The van der Waals surface area contributed by atoms with Crippen LogP contribution in [0.4, 0.5) is 0 Å². The van der Waals surface area contributed by atoms with E-state index < -0.39 is 0 Å². The average molecular weight is 421 g/mol. The molecular formula is C16H28IN3O2. The first-order chi connectivity index (χ1) is 10.2. The second-order valence-corrected chi connectivity index (χ2v) is 4.54. The molecule has 0 unspecified atom stereocenters. The molecule has 5 nitrogen and oxygen atoms in total. The minimum Gasteiger partial charge on any atom is -0.493 e. The fourth-order valence-electron chi connectivity index (χ4n) is 1.84. The van der Waals surface area contributed by atoms with Crippen molar-refractivity contribution in [3.8, 4) is 11.5 Å². The van der Waals surface area contributed by atoms with Crippen molar-refractivity contribution in [2.45, 2.75) is 33.7 Å². The van der Waals surface area contributed by atoms with Crippen molar-refractivity contribution in [2.24, 2.45) is 4.99 Å². The summed E-state index contributed by atoms with van der Waals surface area (Å²) in [6, 6.07) is 5.91. The molecule has 0 heterocycles. The molecular weight excluding hydrogens is 393 g/mol. The van der Waals surface area contributed by atoms with Gasteiger partial charge in [-0.3, -0.25) is 0 Å². The zero-order chi connectivity index (χ0) is 15.5. The Morgan fingerprint density at radius 3 is 2.50 bits per heavy atom. The number of nitrogens with one attached hydrogen (secondary N) is 2. The minimum atomic E-state index is 0. The van der Waals surface area contributed by atoms with Gasteiger partial charge in [0.2, 0.25) is 0 Å². The van der Waals surface area contributed by atoms with Gasteiger partial charge in [-0.15, -0.1) is 24.0 Å². The molecule has 6 heteroatoms. The quantitative estimate of drug-likeness (QED) is 0.385. The van der Waals surface area contributed by atoms with Crippen LogP contribution in [0.2, 0.25) is 0 Å². The zero-order valence-corrected chi connectivity index (χ0v) is 16.3. The van der Waals surface area contributed by atoms with E-state index in [0.29, 0.717) is 13.2 Å². The Kier molecular flexibility index (Phi) is 11.7. The van der Waals surface area contributed by atoms with Crippen LogP contribution in [-0.4, -0.2) is 32.8 Å². The lowest BCUT2D eigenvalue weighted by molar-refractivity contribution is 0.310. The number of ether oxygens (including phenoxy) is 2. The number of aliphatic imine (C=N–C) groups is 1. The predicted octanol–water partition coefficient (Wildman–Crippen LogP) is 3.18. The first-order valence-corrected chi connectivity index (χ1v) is 7.57. The lowest BCUT2D eigenvalue weighted by Crippen LogP contribution is -2.37. The molecule has 1 rings (SSSR count). The normalized spacial score (nSPS) is 10.6. The van der Waals surface area contributed by atoms with E-state index >= 15 is 0 Å². The van der Waals surface area contributed by atoms with Crippen molar-refractivity contribution < 1.29 is 9.47 Å². The molecule has 22 heavy (non-hydrogen) atoms. The number of nitrogens with zero attached hydrogens (tertiary/aromatic N) is 1. The van der Waals surface area contributed by atoms with Gasteiger partial charge in [0.05, 0.1) is 20.3 Å². The number of halogens is 1. The second kappa shape index (κ2) is 12.4. The van der Waals surface area contributed by atoms with Gasteiger partial charge in [0.15, 0.2) is 17.5 Å². The van der Waals surface area contributed by atoms with Crippen molar-refractivity contribution in [3.05, 3.63) is 23.8 Å². The molecule has 126 valence electrons. The summed E-state index contributed by atoms with van der Waals surface area (Å²) in [5, 5.41) is 6.51. The van der Waals surface area contributed by atoms with Crippen LogP contribution in [0.25, 0.3) is 0 Å². The summed E-state index contributed by atoms with van der Waals surface area (Å²) in [6.07, 6.45) is 1.07. The summed E-state index contributed by atoms with van der Waals surface area (Å²) in [5.41, 5.74) is 1.09. The van der Waals surface area contributed by atoms with E-state index in [1.165, 1.54) is 0 Å². The van der Waals surface area contributed by atoms with E-state index in [1.54, 1.807) is 7.11 Å². The fourth-order valence-corrected chi connectivity index (χ4v) is 1.84. The van der Waals surface area contributed by atoms with Crippen molar-refractivity contribution in [3.63, 3.8) is 0 Å². The third-order valence-electron chi connectivity index (χ3n) is 2.83. The standard InChI is InChI=1S/C16H27N3O2.HI/c1-5-10-18-16(17-6-2)19-12-13-8-9-14(21-7-3)15(11-13)20-4;/h8-9,11H,5-7,10,12H2,1-4H3,(H2,17,18,19);1H. The highest BCUT2D eigenvalue weighted by atomic mass is 127. The molecule has 0 saturated heterocycles. The van der Waals surface area contributed by atoms with Gasteiger partial charge in [-0.2, -0.15) is 0 Å². The van der Waals surface area contributed by atoms with Crippen LogP contribution < -0.4 is 20.1 Å². The lowest BCUT2D eigenvalue weighted by atomic mass is 10.2. The number of guanidine groups is 1.